The molecular weight excluding hydrogens is 318 g/mol. The fourth-order valence-electron chi connectivity index (χ4n) is 2.69. The molecule has 0 saturated carbocycles. The molecule has 3 N–H and O–H groups in total. The van der Waals surface area contributed by atoms with Gasteiger partial charge in [0.15, 0.2) is 0 Å². The summed E-state index contributed by atoms with van der Waals surface area (Å²) < 4.78 is 0.961. The topological polar surface area (TPSA) is 58.4 Å². The highest BCUT2D eigenvalue weighted by atomic mass is 79.9. The monoisotopic (exact) mass is 339 g/mol. The summed E-state index contributed by atoms with van der Waals surface area (Å²) in [4.78, 5) is 13.9. The molecule has 0 aliphatic carbocycles. The number of amides is 1. The number of carbonyl (C=O) groups is 1. The molecule has 1 unspecified atom stereocenters. The molecule has 0 aromatic heterocycles. The molecule has 0 radical (unpaired) electrons. The molecule has 0 spiro atoms. The molecule has 110 valence electrons. The van der Waals surface area contributed by atoms with E-state index < -0.39 is 0 Å². The van der Waals surface area contributed by atoms with Gasteiger partial charge in [0.25, 0.3) is 5.91 Å². The molecule has 1 heterocycles. The van der Waals surface area contributed by atoms with Crippen LogP contribution in [0.2, 0.25) is 0 Å². The number of benzene rings is 1. The van der Waals surface area contributed by atoms with Crippen LogP contribution in [0.15, 0.2) is 22.7 Å². The number of halogens is 1. The van der Waals surface area contributed by atoms with E-state index in [1.54, 1.807) is 6.07 Å². The molecule has 5 heteroatoms. The van der Waals surface area contributed by atoms with Crippen LogP contribution in [0, 0.1) is 0 Å². The Morgan fingerprint density at radius 3 is 2.85 bits per heavy atom. The Hall–Kier alpha value is -1.07. The SMILES string of the molecule is CC(C)N(CC1CCCN1)c1cc(Br)ccc1C(N)=O. The van der Waals surface area contributed by atoms with E-state index in [0.29, 0.717) is 17.6 Å². The first-order valence-corrected chi connectivity index (χ1v) is 7.87. The second-order valence-electron chi connectivity index (χ2n) is 5.57. The molecule has 1 aromatic rings. The van der Waals surface area contributed by atoms with Crippen LogP contribution in [0.5, 0.6) is 0 Å². The largest absolute Gasteiger partial charge is 0.367 e. The van der Waals surface area contributed by atoms with E-state index in [4.69, 9.17) is 5.73 Å². The van der Waals surface area contributed by atoms with E-state index in [0.717, 1.165) is 23.2 Å². The standard InChI is InChI=1S/C15H22BrN3O/c1-10(2)19(9-12-4-3-7-18-12)14-8-11(16)5-6-13(14)15(17)20/h5-6,8,10,12,18H,3-4,7,9H2,1-2H3,(H2,17,20). The van der Waals surface area contributed by atoms with Crippen molar-refractivity contribution in [2.24, 2.45) is 5.73 Å². The number of anilines is 1. The smallest absolute Gasteiger partial charge is 0.250 e. The second kappa shape index (κ2) is 6.59. The van der Waals surface area contributed by atoms with Gasteiger partial charge in [-0.1, -0.05) is 15.9 Å². The van der Waals surface area contributed by atoms with Gasteiger partial charge in [-0.25, -0.2) is 0 Å². The third-order valence-corrected chi connectivity index (χ3v) is 4.23. The lowest BCUT2D eigenvalue weighted by Crippen LogP contribution is -2.42. The number of hydrogen-bond acceptors (Lipinski definition) is 3. The Kier molecular flexibility index (Phi) is 5.05. The molecule has 4 nitrogen and oxygen atoms in total. The lowest BCUT2D eigenvalue weighted by Gasteiger charge is -2.33. The molecule has 1 aromatic carbocycles. The van der Waals surface area contributed by atoms with Crippen molar-refractivity contribution < 1.29 is 4.79 Å². The van der Waals surface area contributed by atoms with Gasteiger partial charge in [-0.3, -0.25) is 4.79 Å². The molecule has 1 atom stereocenters. The quantitative estimate of drug-likeness (QED) is 0.866. The summed E-state index contributed by atoms with van der Waals surface area (Å²) in [5, 5.41) is 3.51. The Bertz CT molecular complexity index is 484. The van der Waals surface area contributed by atoms with E-state index in [2.05, 4.69) is 40.0 Å². The second-order valence-corrected chi connectivity index (χ2v) is 6.48. The molecular formula is C15H22BrN3O. The predicted molar refractivity (Wildman–Crippen MR) is 86.2 cm³/mol. The summed E-state index contributed by atoms with van der Waals surface area (Å²) in [5.74, 6) is -0.377. The number of primary amides is 1. The first-order chi connectivity index (χ1) is 9.49. The average Bonchev–Trinajstić information content (AvgIpc) is 2.87. The normalized spacial score (nSPS) is 18.5. The fourth-order valence-corrected chi connectivity index (χ4v) is 3.04. The Morgan fingerprint density at radius 2 is 2.30 bits per heavy atom. The highest BCUT2D eigenvalue weighted by Crippen LogP contribution is 2.27. The zero-order valence-electron chi connectivity index (χ0n) is 12.0. The molecule has 1 aliphatic heterocycles. The Balaban J connectivity index is 2.32. The van der Waals surface area contributed by atoms with Crippen molar-refractivity contribution in [1.82, 2.24) is 5.32 Å². The van der Waals surface area contributed by atoms with Crippen molar-refractivity contribution in [2.45, 2.75) is 38.8 Å². The minimum absolute atomic E-state index is 0.310. The minimum atomic E-state index is -0.377. The third kappa shape index (κ3) is 3.52. The molecule has 20 heavy (non-hydrogen) atoms. The Morgan fingerprint density at radius 1 is 1.55 bits per heavy atom. The van der Waals surface area contributed by atoms with Crippen LogP contribution in [0.1, 0.15) is 37.0 Å². The van der Waals surface area contributed by atoms with Crippen LogP contribution in [-0.4, -0.2) is 31.1 Å². The lowest BCUT2D eigenvalue weighted by atomic mass is 10.1. The summed E-state index contributed by atoms with van der Waals surface area (Å²) >= 11 is 3.48. The lowest BCUT2D eigenvalue weighted by molar-refractivity contribution is 0.100. The maximum absolute atomic E-state index is 11.7. The number of rotatable bonds is 5. The first kappa shape index (κ1) is 15.3. The van der Waals surface area contributed by atoms with Crippen molar-refractivity contribution >= 4 is 27.5 Å². The number of nitrogens with two attached hydrogens (primary N) is 1. The van der Waals surface area contributed by atoms with Gasteiger partial charge in [0, 0.05) is 23.1 Å². The highest BCUT2D eigenvalue weighted by Gasteiger charge is 2.23. The van der Waals surface area contributed by atoms with E-state index in [9.17, 15) is 4.79 Å². The average molecular weight is 340 g/mol. The maximum Gasteiger partial charge on any atom is 0.250 e. The Labute approximate surface area is 128 Å². The summed E-state index contributed by atoms with van der Waals surface area (Å²) in [6.45, 7) is 6.26. The molecule has 0 bridgehead atoms. The van der Waals surface area contributed by atoms with E-state index in [-0.39, 0.29) is 5.91 Å². The molecule has 2 rings (SSSR count). The molecule has 1 amide bonds. The summed E-state index contributed by atoms with van der Waals surface area (Å²) in [7, 11) is 0. The van der Waals surface area contributed by atoms with Crippen molar-refractivity contribution in [3.8, 4) is 0 Å². The van der Waals surface area contributed by atoms with Crippen LogP contribution in [0.25, 0.3) is 0 Å². The van der Waals surface area contributed by atoms with Crippen LogP contribution >= 0.6 is 15.9 Å². The van der Waals surface area contributed by atoms with Gasteiger partial charge in [0.2, 0.25) is 0 Å². The summed E-state index contributed by atoms with van der Waals surface area (Å²) in [5.41, 5.74) is 7.01. The van der Waals surface area contributed by atoms with E-state index >= 15 is 0 Å². The molecule has 1 saturated heterocycles. The highest BCUT2D eigenvalue weighted by molar-refractivity contribution is 9.10. The van der Waals surface area contributed by atoms with Gasteiger partial charge in [0.1, 0.15) is 0 Å². The predicted octanol–water partition coefficient (Wildman–Crippen LogP) is 2.51. The maximum atomic E-state index is 11.7. The van der Waals surface area contributed by atoms with Gasteiger partial charge in [0.05, 0.1) is 11.3 Å². The van der Waals surface area contributed by atoms with Crippen molar-refractivity contribution in [3.05, 3.63) is 28.2 Å². The van der Waals surface area contributed by atoms with E-state index in [1.807, 2.05) is 12.1 Å². The zero-order valence-corrected chi connectivity index (χ0v) is 13.6. The van der Waals surface area contributed by atoms with Crippen LogP contribution < -0.4 is 16.0 Å². The first-order valence-electron chi connectivity index (χ1n) is 7.08. The minimum Gasteiger partial charge on any atom is -0.367 e. The molecule has 1 aliphatic rings. The van der Waals surface area contributed by atoms with Crippen molar-refractivity contribution in [3.63, 3.8) is 0 Å². The summed E-state index contributed by atoms with van der Waals surface area (Å²) in [6.07, 6.45) is 2.40. The number of hydrogen-bond donors (Lipinski definition) is 2. The zero-order chi connectivity index (χ0) is 14.7. The van der Waals surface area contributed by atoms with Crippen molar-refractivity contribution in [2.75, 3.05) is 18.0 Å². The van der Waals surface area contributed by atoms with Gasteiger partial charge >= 0.3 is 0 Å². The van der Waals surface area contributed by atoms with E-state index in [1.165, 1.54) is 12.8 Å². The van der Waals surface area contributed by atoms with Gasteiger partial charge in [-0.15, -0.1) is 0 Å². The number of carbonyl (C=O) groups excluding carboxylic acids is 1. The number of nitrogens with one attached hydrogen (secondary N) is 1. The fraction of sp³-hybridized carbons (Fsp3) is 0.533. The van der Waals surface area contributed by atoms with Crippen LogP contribution in [0.3, 0.4) is 0 Å². The van der Waals surface area contributed by atoms with Gasteiger partial charge in [-0.05, 0) is 51.4 Å². The third-order valence-electron chi connectivity index (χ3n) is 3.74. The van der Waals surface area contributed by atoms with Crippen LogP contribution in [0.4, 0.5) is 5.69 Å². The number of nitrogens with zero attached hydrogens (tertiary/aromatic N) is 1. The van der Waals surface area contributed by atoms with Crippen LogP contribution in [-0.2, 0) is 0 Å². The van der Waals surface area contributed by atoms with Gasteiger partial charge in [-0.2, -0.15) is 0 Å². The van der Waals surface area contributed by atoms with Gasteiger partial charge < -0.3 is 16.0 Å². The van der Waals surface area contributed by atoms with Crippen molar-refractivity contribution in [1.29, 1.82) is 0 Å². The summed E-state index contributed by atoms with van der Waals surface area (Å²) in [6, 6.07) is 6.42. The molecule has 1 fully saturated rings.